The Hall–Kier alpha value is -3.03. The van der Waals surface area contributed by atoms with Crippen LogP contribution in [0.5, 0.6) is 0 Å². The highest BCUT2D eigenvalue weighted by Gasteiger charge is 2.29. The molecule has 0 radical (unpaired) electrons. The van der Waals surface area contributed by atoms with Crippen LogP contribution < -0.4 is 0 Å². The summed E-state index contributed by atoms with van der Waals surface area (Å²) in [6.07, 6.45) is 1.46. The van der Waals surface area contributed by atoms with Gasteiger partial charge in [0.15, 0.2) is 5.69 Å². The fourth-order valence-electron chi connectivity index (χ4n) is 3.27. The molecule has 1 aromatic carbocycles. The number of carbonyl (C=O) groups excluding carboxylic acids is 1. The fraction of sp³-hybridized carbons (Fsp3) is 0.400. The SMILES string of the molecule is CC(C)c1cc(C(=O)N2CCC(c3nc(-c4ccc(F)cc4)no3)CC2)no1. The lowest BCUT2D eigenvalue weighted by Crippen LogP contribution is -2.38. The minimum Gasteiger partial charge on any atom is -0.360 e. The number of carbonyl (C=O) groups is 1. The Kier molecular flexibility index (Phi) is 4.93. The first kappa shape index (κ1) is 18.3. The van der Waals surface area contributed by atoms with Gasteiger partial charge >= 0.3 is 0 Å². The predicted octanol–water partition coefficient (Wildman–Crippen LogP) is 4.01. The summed E-state index contributed by atoms with van der Waals surface area (Å²) in [7, 11) is 0. The topological polar surface area (TPSA) is 85.3 Å². The van der Waals surface area contributed by atoms with Gasteiger partial charge < -0.3 is 13.9 Å². The zero-order chi connectivity index (χ0) is 19.7. The smallest absolute Gasteiger partial charge is 0.276 e. The molecule has 3 heterocycles. The van der Waals surface area contributed by atoms with Gasteiger partial charge in [-0.05, 0) is 37.1 Å². The van der Waals surface area contributed by atoms with Gasteiger partial charge in [0.2, 0.25) is 11.7 Å². The lowest BCUT2D eigenvalue weighted by molar-refractivity contribution is 0.0694. The largest absolute Gasteiger partial charge is 0.360 e. The number of nitrogens with zero attached hydrogens (tertiary/aromatic N) is 4. The van der Waals surface area contributed by atoms with Gasteiger partial charge in [0.1, 0.15) is 11.6 Å². The van der Waals surface area contributed by atoms with Crippen molar-refractivity contribution in [1.29, 1.82) is 0 Å². The zero-order valence-electron chi connectivity index (χ0n) is 15.8. The Morgan fingerprint density at radius 2 is 1.86 bits per heavy atom. The lowest BCUT2D eigenvalue weighted by atomic mass is 9.96. The maximum Gasteiger partial charge on any atom is 0.276 e. The molecule has 146 valence electrons. The van der Waals surface area contributed by atoms with E-state index < -0.39 is 0 Å². The third-order valence-corrected chi connectivity index (χ3v) is 4.99. The van der Waals surface area contributed by atoms with E-state index in [0.29, 0.717) is 41.8 Å². The van der Waals surface area contributed by atoms with Crippen molar-refractivity contribution in [2.75, 3.05) is 13.1 Å². The summed E-state index contributed by atoms with van der Waals surface area (Å²) in [5, 5.41) is 7.90. The van der Waals surface area contributed by atoms with Gasteiger partial charge in [0, 0.05) is 36.6 Å². The van der Waals surface area contributed by atoms with Gasteiger partial charge in [-0.15, -0.1) is 0 Å². The van der Waals surface area contributed by atoms with Gasteiger partial charge in [-0.3, -0.25) is 4.79 Å². The molecule has 0 N–H and O–H groups in total. The zero-order valence-corrected chi connectivity index (χ0v) is 15.8. The molecule has 0 aliphatic carbocycles. The number of halogens is 1. The predicted molar refractivity (Wildman–Crippen MR) is 98.2 cm³/mol. The number of likely N-dealkylation sites (tertiary alicyclic amines) is 1. The number of hydrogen-bond acceptors (Lipinski definition) is 6. The Balaban J connectivity index is 1.39. The monoisotopic (exact) mass is 384 g/mol. The van der Waals surface area contributed by atoms with Crippen LogP contribution >= 0.6 is 0 Å². The van der Waals surface area contributed by atoms with E-state index in [2.05, 4.69) is 15.3 Å². The van der Waals surface area contributed by atoms with Gasteiger partial charge in [0.25, 0.3) is 5.91 Å². The number of hydrogen-bond donors (Lipinski definition) is 0. The molecule has 0 atom stereocenters. The van der Waals surface area contributed by atoms with E-state index in [4.69, 9.17) is 9.05 Å². The summed E-state index contributed by atoms with van der Waals surface area (Å²) in [5.74, 6) is 1.55. The van der Waals surface area contributed by atoms with Gasteiger partial charge in [-0.1, -0.05) is 24.2 Å². The number of aromatic nitrogens is 3. The molecular weight excluding hydrogens is 363 g/mol. The molecule has 0 spiro atoms. The van der Waals surface area contributed by atoms with E-state index in [0.717, 1.165) is 12.8 Å². The Labute approximate surface area is 161 Å². The highest BCUT2D eigenvalue weighted by molar-refractivity contribution is 5.92. The average Bonchev–Trinajstić information content (AvgIpc) is 3.38. The van der Waals surface area contributed by atoms with Gasteiger partial charge in [0.05, 0.1) is 0 Å². The molecule has 28 heavy (non-hydrogen) atoms. The molecule has 1 fully saturated rings. The molecule has 0 saturated carbocycles. The fourth-order valence-corrected chi connectivity index (χ4v) is 3.27. The van der Waals surface area contributed by atoms with E-state index >= 15 is 0 Å². The van der Waals surface area contributed by atoms with Crippen molar-refractivity contribution in [2.24, 2.45) is 0 Å². The first-order chi connectivity index (χ1) is 13.5. The Bertz CT molecular complexity index is 956. The average molecular weight is 384 g/mol. The highest BCUT2D eigenvalue weighted by Crippen LogP contribution is 2.29. The van der Waals surface area contributed by atoms with Crippen LogP contribution in [0, 0.1) is 5.82 Å². The molecular formula is C20H21FN4O3. The number of benzene rings is 1. The maximum absolute atomic E-state index is 13.1. The van der Waals surface area contributed by atoms with Crippen molar-refractivity contribution >= 4 is 5.91 Å². The normalized spacial score (nSPS) is 15.4. The molecule has 0 unspecified atom stereocenters. The Morgan fingerprint density at radius 1 is 1.14 bits per heavy atom. The third-order valence-electron chi connectivity index (χ3n) is 4.99. The molecule has 1 aliphatic rings. The van der Waals surface area contributed by atoms with Crippen LogP contribution in [0.1, 0.15) is 60.7 Å². The summed E-state index contributed by atoms with van der Waals surface area (Å²) < 4.78 is 23.7. The second kappa shape index (κ2) is 7.53. The Morgan fingerprint density at radius 3 is 2.50 bits per heavy atom. The first-order valence-electron chi connectivity index (χ1n) is 9.36. The minimum atomic E-state index is -0.308. The summed E-state index contributed by atoms with van der Waals surface area (Å²) in [5.41, 5.74) is 1.05. The molecule has 1 amide bonds. The molecule has 8 heteroatoms. The van der Waals surface area contributed by atoms with Crippen molar-refractivity contribution in [1.82, 2.24) is 20.2 Å². The molecule has 1 aliphatic heterocycles. The summed E-state index contributed by atoms with van der Waals surface area (Å²) in [6, 6.07) is 7.68. The molecule has 1 saturated heterocycles. The van der Waals surface area contributed by atoms with Crippen LogP contribution in [-0.4, -0.2) is 39.2 Å². The summed E-state index contributed by atoms with van der Waals surface area (Å²) in [4.78, 5) is 18.8. The van der Waals surface area contributed by atoms with Crippen molar-refractivity contribution < 1.29 is 18.2 Å². The molecule has 2 aromatic heterocycles. The number of rotatable bonds is 4. The van der Waals surface area contributed by atoms with E-state index in [1.165, 1.54) is 12.1 Å². The third kappa shape index (κ3) is 3.67. The van der Waals surface area contributed by atoms with Crippen LogP contribution in [0.3, 0.4) is 0 Å². The lowest BCUT2D eigenvalue weighted by Gasteiger charge is -2.29. The second-order valence-corrected chi connectivity index (χ2v) is 7.30. The highest BCUT2D eigenvalue weighted by atomic mass is 19.1. The van der Waals surface area contributed by atoms with Crippen LogP contribution in [0.15, 0.2) is 39.4 Å². The van der Waals surface area contributed by atoms with Gasteiger partial charge in [-0.2, -0.15) is 4.98 Å². The number of amides is 1. The van der Waals surface area contributed by atoms with Gasteiger partial charge in [-0.25, -0.2) is 4.39 Å². The van der Waals surface area contributed by atoms with E-state index in [1.54, 1.807) is 23.1 Å². The van der Waals surface area contributed by atoms with Crippen LogP contribution in [0.2, 0.25) is 0 Å². The van der Waals surface area contributed by atoms with E-state index in [1.807, 2.05) is 13.8 Å². The summed E-state index contributed by atoms with van der Waals surface area (Å²) in [6.45, 7) is 5.15. The maximum atomic E-state index is 13.1. The molecule has 4 rings (SSSR count). The van der Waals surface area contributed by atoms with E-state index in [-0.39, 0.29) is 23.6 Å². The van der Waals surface area contributed by atoms with Crippen LogP contribution in [-0.2, 0) is 0 Å². The van der Waals surface area contributed by atoms with Crippen molar-refractivity contribution in [2.45, 2.75) is 38.5 Å². The minimum absolute atomic E-state index is 0.0919. The van der Waals surface area contributed by atoms with Crippen molar-refractivity contribution in [3.05, 3.63) is 53.5 Å². The molecule has 7 nitrogen and oxygen atoms in total. The van der Waals surface area contributed by atoms with Crippen molar-refractivity contribution in [3.63, 3.8) is 0 Å². The summed E-state index contributed by atoms with van der Waals surface area (Å²) >= 11 is 0. The van der Waals surface area contributed by atoms with E-state index in [9.17, 15) is 9.18 Å². The molecule has 0 bridgehead atoms. The van der Waals surface area contributed by atoms with Crippen LogP contribution in [0.25, 0.3) is 11.4 Å². The van der Waals surface area contributed by atoms with Crippen molar-refractivity contribution in [3.8, 4) is 11.4 Å². The standard InChI is InChI=1S/C20H21FN4O3/c1-12(2)17-11-16(23-27-17)20(26)25-9-7-14(8-10-25)19-22-18(24-28-19)13-3-5-15(21)6-4-13/h3-6,11-12,14H,7-10H2,1-2H3. The molecule has 3 aromatic rings. The quantitative estimate of drug-likeness (QED) is 0.676. The second-order valence-electron chi connectivity index (χ2n) is 7.30. The number of piperidine rings is 1. The first-order valence-corrected chi connectivity index (χ1v) is 9.36. The van der Waals surface area contributed by atoms with Crippen LogP contribution in [0.4, 0.5) is 4.39 Å².